The van der Waals surface area contributed by atoms with Crippen molar-refractivity contribution in [2.45, 2.75) is 0 Å². The van der Waals surface area contributed by atoms with Crippen molar-refractivity contribution in [2.75, 3.05) is 0 Å². The molecule has 0 saturated carbocycles. The summed E-state index contributed by atoms with van der Waals surface area (Å²) in [4.78, 5) is 7.54. The number of fused-ring (bicyclic) bond motifs is 1. The second kappa shape index (κ2) is 5.43. The lowest BCUT2D eigenvalue weighted by Gasteiger charge is -1.99. The Hall–Kier alpha value is -2.58. The van der Waals surface area contributed by atoms with E-state index in [0.717, 1.165) is 16.6 Å². The van der Waals surface area contributed by atoms with Crippen molar-refractivity contribution in [2.24, 2.45) is 0 Å². The number of nitrogens with zero attached hydrogens (tertiary/aromatic N) is 2. The van der Waals surface area contributed by atoms with Crippen LogP contribution in [-0.4, -0.2) is 15.1 Å². The van der Waals surface area contributed by atoms with E-state index in [4.69, 9.17) is 0 Å². The number of nitrogens with one attached hydrogen (secondary N) is 1. The van der Waals surface area contributed by atoms with E-state index < -0.39 is 0 Å². The Morgan fingerprint density at radius 1 is 1.29 bits per heavy atom. The first-order valence-electron chi connectivity index (χ1n) is 6.23. The number of aromatic amines is 1. The highest BCUT2D eigenvalue weighted by atomic mass is 79.9. The summed E-state index contributed by atoms with van der Waals surface area (Å²) in [7, 11) is 0. The van der Waals surface area contributed by atoms with E-state index in [0.29, 0.717) is 15.9 Å². The van der Waals surface area contributed by atoms with Gasteiger partial charge in [-0.3, -0.25) is 0 Å². The van der Waals surface area contributed by atoms with E-state index >= 15 is 0 Å². The largest absolute Gasteiger partial charge is 0.507 e. The maximum atomic E-state index is 9.50. The van der Waals surface area contributed by atoms with E-state index in [2.05, 4.69) is 32.0 Å². The summed E-state index contributed by atoms with van der Waals surface area (Å²) in [5, 5.41) is 18.8. The minimum atomic E-state index is 0.161. The van der Waals surface area contributed by atoms with Gasteiger partial charge in [0.15, 0.2) is 0 Å². The highest BCUT2D eigenvalue weighted by Gasteiger charge is 2.08. The Labute approximate surface area is 129 Å². The van der Waals surface area contributed by atoms with Crippen LogP contribution in [0.1, 0.15) is 11.4 Å². The molecule has 1 heterocycles. The standard InChI is InChI=1S/C16H10BrN3O/c17-12-8-10(5-6-15(12)21)7-11(9-18)16-19-13-3-1-2-4-14(13)20-16/h1-8,21H,(H,19,20). The van der Waals surface area contributed by atoms with E-state index in [1.165, 1.54) is 0 Å². The Bertz CT molecular complexity index is 857. The molecule has 3 aromatic rings. The fourth-order valence-corrected chi connectivity index (χ4v) is 2.41. The lowest BCUT2D eigenvalue weighted by molar-refractivity contribution is 0.472. The zero-order valence-corrected chi connectivity index (χ0v) is 12.4. The minimum absolute atomic E-state index is 0.161. The lowest BCUT2D eigenvalue weighted by Crippen LogP contribution is -1.85. The van der Waals surface area contributed by atoms with E-state index in [1.54, 1.807) is 24.3 Å². The van der Waals surface area contributed by atoms with Gasteiger partial charge in [-0.15, -0.1) is 0 Å². The van der Waals surface area contributed by atoms with Gasteiger partial charge in [0.05, 0.1) is 21.1 Å². The van der Waals surface area contributed by atoms with Crippen LogP contribution in [0.15, 0.2) is 46.9 Å². The van der Waals surface area contributed by atoms with Gasteiger partial charge in [-0.25, -0.2) is 4.98 Å². The predicted octanol–water partition coefficient (Wildman–Crippen LogP) is 4.10. The summed E-state index contributed by atoms with van der Waals surface area (Å²) in [5.41, 5.74) is 2.95. The minimum Gasteiger partial charge on any atom is -0.507 e. The van der Waals surface area contributed by atoms with Crippen LogP contribution in [0.4, 0.5) is 0 Å². The van der Waals surface area contributed by atoms with Crippen LogP contribution in [0, 0.1) is 11.3 Å². The second-order valence-electron chi connectivity index (χ2n) is 4.48. The van der Waals surface area contributed by atoms with E-state index in [-0.39, 0.29) is 5.75 Å². The molecule has 0 aliphatic rings. The van der Waals surface area contributed by atoms with Crippen LogP contribution in [-0.2, 0) is 0 Å². The molecule has 5 heteroatoms. The molecule has 21 heavy (non-hydrogen) atoms. The number of halogens is 1. The molecule has 0 spiro atoms. The quantitative estimate of drug-likeness (QED) is 0.690. The number of aromatic nitrogens is 2. The van der Waals surface area contributed by atoms with Crippen LogP contribution < -0.4 is 0 Å². The number of nitriles is 1. The molecule has 1 aromatic heterocycles. The zero-order valence-electron chi connectivity index (χ0n) is 10.8. The Morgan fingerprint density at radius 3 is 2.81 bits per heavy atom. The summed E-state index contributed by atoms with van der Waals surface area (Å²) >= 11 is 3.26. The molecule has 2 N–H and O–H groups in total. The van der Waals surface area contributed by atoms with Gasteiger partial charge in [-0.1, -0.05) is 18.2 Å². The lowest BCUT2D eigenvalue weighted by atomic mass is 10.1. The molecule has 0 saturated heterocycles. The summed E-state index contributed by atoms with van der Waals surface area (Å²) in [6.07, 6.45) is 1.72. The van der Waals surface area contributed by atoms with Gasteiger partial charge in [0.1, 0.15) is 17.6 Å². The molecule has 0 radical (unpaired) electrons. The summed E-state index contributed by atoms with van der Waals surface area (Å²) in [6, 6.07) is 14.8. The average Bonchev–Trinajstić information content (AvgIpc) is 2.92. The molecule has 2 aromatic carbocycles. The first-order chi connectivity index (χ1) is 10.2. The molecule has 3 rings (SSSR count). The smallest absolute Gasteiger partial charge is 0.149 e. The number of H-pyrrole nitrogens is 1. The number of rotatable bonds is 2. The van der Waals surface area contributed by atoms with Gasteiger partial charge in [-0.2, -0.15) is 5.26 Å². The second-order valence-corrected chi connectivity index (χ2v) is 5.34. The first kappa shape index (κ1) is 13.4. The Kier molecular flexibility index (Phi) is 3.46. The summed E-state index contributed by atoms with van der Waals surface area (Å²) in [6.45, 7) is 0. The maximum absolute atomic E-state index is 9.50. The van der Waals surface area contributed by atoms with Crippen molar-refractivity contribution in [1.82, 2.24) is 9.97 Å². The molecule has 0 aliphatic carbocycles. The van der Waals surface area contributed by atoms with Gasteiger partial charge >= 0.3 is 0 Å². The SMILES string of the molecule is N#CC(=Cc1ccc(O)c(Br)c1)c1nc2ccccc2[nH]1. The number of phenolic OH excluding ortho intramolecular Hbond substituents is 1. The van der Waals surface area contributed by atoms with Crippen LogP contribution in [0.3, 0.4) is 0 Å². The molecule has 0 unspecified atom stereocenters. The van der Waals surface area contributed by atoms with Gasteiger partial charge in [-0.05, 0) is 51.8 Å². The van der Waals surface area contributed by atoms with Gasteiger partial charge in [0, 0.05) is 0 Å². The zero-order chi connectivity index (χ0) is 14.8. The molecule has 0 bridgehead atoms. The molecular weight excluding hydrogens is 330 g/mol. The fraction of sp³-hybridized carbons (Fsp3) is 0. The van der Waals surface area contributed by atoms with Crippen LogP contribution in [0.25, 0.3) is 22.7 Å². The van der Waals surface area contributed by atoms with Crippen LogP contribution in [0.2, 0.25) is 0 Å². The van der Waals surface area contributed by atoms with Crippen LogP contribution in [0.5, 0.6) is 5.75 Å². The molecule has 0 atom stereocenters. The number of hydrogen-bond acceptors (Lipinski definition) is 3. The summed E-state index contributed by atoms with van der Waals surface area (Å²) in [5.74, 6) is 0.692. The highest BCUT2D eigenvalue weighted by molar-refractivity contribution is 9.10. The number of imidazole rings is 1. The highest BCUT2D eigenvalue weighted by Crippen LogP contribution is 2.26. The third kappa shape index (κ3) is 2.67. The Morgan fingerprint density at radius 2 is 2.10 bits per heavy atom. The fourth-order valence-electron chi connectivity index (χ4n) is 2.01. The summed E-state index contributed by atoms with van der Waals surface area (Å²) < 4.78 is 0.582. The number of aromatic hydroxyl groups is 1. The van der Waals surface area contributed by atoms with Crippen molar-refractivity contribution in [3.63, 3.8) is 0 Å². The molecule has 4 nitrogen and oxygen atoms in total. The van der Waals surface area contributed by atoms with Gasteiger partial charge in [0.25, 0.3) is 0 Å². The van der Waals surface area contributed by atoms with Crippen molar-refractivity contribution in [1.29, 1.82) is 5.26 Å². The Balaban J connectivity index is 2.06. The molecule has 102 valence electrons. The van der Waals surface area contributed by atoms with Crippen molar-refractivity contribution in [3.8, 4) is 11.8 Å². The number of benzene rings is 2. The average molecular weight is 340 g/mol. The predicted molar refractivity (Wildman–Crippen MR) is 85.4 cm³/mol. The van der Waals surface area contributed by atoms with Crippen LogP contribution >= 0.6 is 15.9 Å². The van der Waals surface area contributed by atoms with Crippen molar-refractivity contribution < 1.29 is 5.11 Å². The monoisotopic (exact) mass is 339 g/mol. The normalized spacial score (nSPS) is 11.5. The topological polar surface area (TPSA) is 72.7 Å². The molecule has 0 amide bonds. The van der Waals surface area contributed by atoms with Crippen molar-refractivity contribution >= 4 is 38.6 Å². The molecule has 0 fully saturated rings. The molecular formula is C16H10BrN3O. The number of allylic oxidation sites excluding steroid dienone is 1. The van der Waals surface area contributed by atoms with Gasteiger partial charge in [0.2, 0.25) is 0 Å². The number of hydrogen-bond donors (Lipinski definition) is 2. The first-order valence-corrected chi connectivity index (χ1v) is 7.02. The number of phenols is 1. The third-order valence-electron chi connectivity index (χ3n) is 3.05. The van der Waals surface area contributed by atoms with E-state index in [1.807, 2.05) is 24.3 Å². The maximum Gasteiger partial charge on any atom is 0.149 e. The van der Waals surface area contributed by atoms with E-state index in [9.17, 15) is 10.4 Å². The van der Waals surface area contributed by atoms with Gasteiger partial charge < -0.3 is 10.1 Å². The number of para-hydroxylation sites is 2. The molecule has 0 aliphatic heterocycles. The van der Waals surface area contributed by atoms with Crippen molar-refractivity contribution in [3.05, 3.63) is 58.3 Å². The third-order valence-corrected chi connectivity index (χ3v) is 3.68.